The predicted octanol–water partition coefficient (Wildman–Crippen LogP) is 9.14. The van der Waals surface area contributed by atoms with E-state index in [1.54, 1.807) is 31.5 Å². The van der Waals surface area contributed by atoms with Crippen molar-refractivity contribution >= 4 is 58.0 Å². The Balaban J connectivity index is 0.870. The van der Waals surface area contributed by atoms with Crippen LogP contribution in [0.5, 0.6) is 0 Å². The fourth-order valence-electron chi connectivity index (χ4n) is 8.10. The van der Waals surface area contributed by atoms with E-state index in [-0.39, 0.29) is 41.4 Å². The Bertz CT molecular complexity index is 2490. The second kappa shape index (κ2) is 19.9. The van der Waals surface area contributed by atoms with Crippen LogP contribution in [0, 0.1) is 11.8 Å². The Morgan fingerprint density at radius 3 is 2.03 bits per heavy atom. The lowest BCUT2D eigenvalue weighted by atomic mass is 9.84. The molecule has 0 radical (unpaired) electrons. The third-order valence-corrected chi connectivity index (χ3v) is 12.2. The first kappa shape index (κ1) is 42.9. The number of hydrogen-bond donors (Lipinski definition) is 7. The maximum absolute atomic E-state index is 14.1. The number of carbonyl (C=O) groups excluding carboxylic acids is 2. The maximum Gasteiger partial charge on any atom is 0.229 e. The van der Waals surface area contributed by atoms with Crippen molar-refractivity contribution in [1.82, 2.24) is 25.9 Å². The molecule has 2 unspecified atom stereocenters. The van der Waals surface area contributed by atoms with Crippen LogP contribution in [0.1, 0.15) is 43.2 Å². The van der Waals surface area contributed by atoms with Crippen molar-refractivity contribution in [1.29, 1.82) is 0 Å². The Morgan fingerprint density at radius 2 is 1.39 bits per heavy atom. The van der Waals surface area contributed by atoms with Crippen molar-refractivity contribution in [2.75, 3.05) is 54.0 Å². The van der Waals surface area contributed by atoms with Crippen molar-refractivity contribution in [3.8, 4) is 22.3 Å². The molecule has 3 aliphatic heterocycles. The minimum absolute atomic E-state index is 0.0360. The number of dihydropyridines is 1. The van der Waals surface area contributed by atoms with Crippen molar-refractivity contribution < 1.29 is 14.0 Å². The third-order valence-electron chi connectivity index (χ3n) is 11.6. The molecular weight excluding hydrogens is 824 g/mol. The summed E-state index contributed by atoms with van der Waals surface area (Å²) in [6.45, 7) is 5.75. The number of carbonyl (C=O) groups is 2. The van der Waals surface area contributed by atoms with Gasteiger partial charge in [0.05, 0.1) is 27.9 Å². The number of hydrogen-bond acceptors (Lipinski definition) is 9. The number of anilines is 4. The van der Waals surface area contributed by atoms with Crippen LogP contribution in [0.25, 0.3) is 22.3 Å². The summed E-state index contributed by atoms with van der Waals surface area (Å²) in [7, 11) is 0. The van der Waals surface area contributed by atoms with E-state index in [4.69, 9.17) is 23.2 Å². The Morgan fingerprint density at radius 1 is 0.758 bits per heavy atom. The van der Waals surface area contributed by atoms with Crippen LogP contribution in [0.3, 0.4) is 0 Å². The summed E-state index contributed by atoms with van der Waals surface area (Å²) in [4.78, 5) is 35.4. The standard InChI is InChI=1S/C48H50Cl2FN9O2/c1-29-44(51)15-31(22-54-29)23-56-39-12-4-9-34(18-39)41-20-46(58-28-43(41)50)60-48(62)37-16-36(25-53-26-37)32-7-2-6-30(14-32)21-55-38-11-3-8-33(17-38)40-19-45(57-27-42(40)49)59-47(61)35-10-5-13-52-24-35/h2-4,6-9,11-12,14-15,17-20,22,27-29,35-37,52-56H,5,10,13,16,21,23-26H2,1H3,(H,57,59,61)(H,58,60,62)/t29?,35-,36?,37-/m1/s1. The molecule has 0 aliphatic carbocycles. The molecule has 14 heteroatoms. The molecule has 320 valence electrons. The highest BCUT2D eigenvalue weighted by Gasteiger charge is 2.29. The van der Waals surface area contributed by atoms with Gasteiger partial charge in [0.1, 0.15) is 17.5 Å². The van der Waals surface area contributed by atoms with Crippen LogP contribution in [-0.2, 0) is 16.1 Å². The minimum atomic E-state index is -0.326. The topological polar surface area (TPSA) is 144 Å². The molecule has 11 nitrogen and oxygen atoms in total. The Labute approximate surface area is 371 Å². The lowest BCUT2D eigenvalue weighted by Crippen LogP contribution is -2.41. The quantitative estimate of drug-likeness (QED) is 0.0617. The Kier molecular flexibility index (Phi) is 13.8. The lowest BCUT2D eigenvalue weighted by Gasteiger charge is -2.30. The van der Waals surface area contributed by atoms with E-state index < -0.39 is 0 Å². The molecule has 0 bridgehead atoms. The molecule has 2 amide bonds. The first-order chi connectivity index (χ1) is 30.1. The van der Waals surface area contributed by atoms with E-state index in [2.05, 4.69) is 71.5 Å². The van der Waals surface area contributed by atoms with Gasteiger partial charge in [0.15, 0.2) is 0 Å². The number of piperidine rings is 2. The molecule has 2 saturated heterocycles. The van der Waals surface area contributed by atoms with Gasteiger partial charge in [0.25, 0.3) is 0 Å². The Hall–Kier alpha value is -5.79. The maximum atomic E-state index is 14.1. The number of benzene rings is 3. The number of amides is 2. The van der Waals surface area contributed by atoms with Gasteiger partial charge in [-0.1, -0.05) is 71.7 Å². The molecular formula is C48H50Cl2FN9O2. The summed E-state index contributed by atoms with van der Waals surface area (Å²) in [6, 6.07) is 27.6. The molecule has 5 aromatic rings. The second-order valence-electron chi connectivity index (χ2n) is 16.2. The minimum Gasteiger partial charge on any atom is -0.382 e. The number of halogens is 3. The molecule has 8 rings (SSSR count). The molecule has 3 aliphatic rings. The fraction of sp³-hybridized carbons (Fsp3) is 0.292. The molecule has 2 aromatic heterocycles. The SMILES string of the molecule is CC1NC=C(CNc2cccc(-c3cc(NC(=O)[C@H]4CNCC(c5cccc(CNc6cccc(-c7cc(NC(=O)[C@@H]8CCCNC8)ncc7Cl)c6)c5)C4)ncc3Cl)c2)C=C1F. The van der Waals surface area contributed by atoms with Gasteiger partial charge in [0, 0.05) is 73.8 Å². The van der Waals surface area contributed by atoms with Gasteiger partial charge in [-0.2, -0.15) is 0 Å². The average molecular weight is 875 g/mol. The highest BCUT2D eigenvalue weighted by molar-refractivity contribution is 6.33. The summed E-state index contributed by atoms with van der Waals surface area (Å²) >= 11 is 13.3. The molecule has 5 heterocycles. The van der Waals surface area contributed by atoms with E-state index in [0.29, 0.717) is 54.3 Å². The zero-order valence-electron chi connectivity index (χ0n) is 34.4. The first-order valence-electron chi connectivity index (χ1n) is 21.1. The van der Waals surface area contributed by atoms with Gasteiger partial charge in [-0.15, -0.1) is 0 Å². The van der Waals surface area contributed by atoms with Crippen LogP contribution in [-0.4, -0.2) is 60.5 Å². The predicted molar refractivity (Wildman–Crippen MR) is 248 cm³/mol. The summed E-state index contributed by atoms with van der Waals surface area (Å²) in [5.41, 5.74) is 8.14. The number of rotatable bonds is 13. The number of nitrogens with zero attached hydrogens (tertiary/aromatic N) is 2. The lowest BCUT2D eigenvalue weighted by molar-refractivity contribution is -0.121. The van der Waals surface area contributed by atoms with E-state index in [9.17, 15) is 14.0 Å². The van der Waals surface area contributed by atoms with Crippen LogP contribution < -0.4 is 37.2 Å². The van der Waals surface area contributed by atoms with Crippen molar-refractivity contribution in [3.05, 3.63) is 142 Å². The van der Waals surface area contributed by atoms with Gasteiger partial charge >= 0.3 is 0 Å². The van der Waals surface area contributed by atoms with Gasteiger partial charge in [-0.05, 0) is 109 Å². The summed E-state index contributed by atoms with van der Waals surface area (Å²) in [5, 5.41) is 23.7. The number of pyridine rings is 2. The smallest absolute Gasteiger partial charge is 0.229 e. The van der Waals surface area contributed by atoms with Crippen molar-refractivity contribution in [3.63, 3.8) is 0 Å². The monoisotopic (exact) mass is 873 g/mol. The van der Waals surface area contributed by atoms with Gasteiger partial charge < -0.3 is 37.2 Å². The first-order valence-corrected chi connectivity index (χ1v) is 21.8. The highest BCUT2D eigenvalue weighted by Crippen LogP contribution is 2.34. The van der Waals surface area contributed by atoms with Crippen LogP contribution in [0.15, 0.2) is 121 Å². The molecule has 3 aromatic carbocycles. The molecule has 0 saturated carbocycles. The fourth-order valence-corrected chi connectivity index (χ4v) is 8.53. The van der Waals surface area contributed by atoms with Gasteiger partial charge in [-0.3, -0.25) is 9.59 Å². The zero-order valence-corrected chi connectivity index (χ0v) is 35.9. The molecule has 4 atom stereocenters. The number of nitrogens with one attached hydrogen (secondary N) is 7. The zero-order chi connectivity index (χ0) is 43.0. The van der Waals surface area contributed by atoms with Crippen molar-refractivity contribution in [2.24, 2.45) is 11.8 Å². The summed E-state index contributed by atoms with van der Waals surface area (Å²) < 4.78 is 14.1. The van der Waals surface area contributed by atoms with Crippen molar-refractivity contribution in [2.45, 2.75) is 44.7 Å². The summed E-state index contributed by atoms with van der Waals surface area (Å²) in [6.07, 6.45) is 9.02. The summed E-state index contributed by atoms with van der Waals surface area (Å²) in [5.74, 6) is 0.348. The van der Waals surface area contributed by atoms with Gasteiger partial charge in [-0.25, -0.2) is 14.4 Å². The normalized spacial score (nSPS) is 19.9. The van der Waals surface area contributed by atoms with E-state index >= 15 is 0 Å². The largest absolute Gasteiger partial charge is 0.382 e. The number of aromatic nitrogens is 2. The van der Waals surface area contributed by atoms with E-state index in [0.717, 1.165) is 76.3 Å². The molecule has 0 spiro atoms. The van der Waals surface area contributed by atoms with Gasteiger partial charge in [0.2, 0.25) is 11.8 Å². The van der Waals surface area contributed by atoms with E-state index in [1.165, 1.54) is 0 Å². The molecule has 7 N–H and O–H groups in total. The average Bonchev–Trinajstić information content (AvgIpc) is 3.30. The highest BCUT2D eigenvalue weighted by atomic mass is 35.5. The van der Waals surface area contributed by atoms with Crippen LogP contribution in [0.4, 0.5) is 27.4 Å². The van der Waals surface area contributed by atoms with E-state index in [1.807, 2.05) is 60.8 Å². The molecule has 62 heavy (non-hydrogen) atoms. The van der Waals surface area contributed by atoms with Crippen LogP contribution >= 0.6 is 23.2 Å². The molecule has 2 fully saturated rings. The van der Waals surface area contributed by atoms with Crippen LogP contribution in [0.2, 0.25) is 10.0 Å². The second-order valence-corrected chi connectivity index (χ2v) is 17.0. The third kappa shape index (κ3) is 10.8.